The van der Waals surface area contributed by atoms with Crippen LogP contribution in [0.15, 0.2) is 45.6 Å². The van der Waals surface area contributed by atoms with Crippen LogP contribution in [0.25, 0.3) is 22.3 Å². The lowest BCUT2D eigenvalue weighted by Gasteiger charge is -2.39. The third-order valence-corrected chi connectivity index (χ3v) is 5.76. The molecule has 188 valence electrons. The van der Waals surface area contributed by atoms with Gasteiger partial charge in [0.2, 0.25) is 6.29 Å². The van der Waals surface area contributed by atoms with Crippen molar-refractivity contribution in [2.45, 2.75) is 30.7 Å². The van der Waals surface area contributed by atoms with Gasteiger partial charge in [-0.1, -0.05) is 0 Å². The van der Waals surface area contributed by atoms with E-state index in [0.717, 1.165) is 0 Å². The zero-order valence-electron chi connectivity index (χ0n) is 19.2. The Morgan fingerprint density at radius 2 is 1.57 bits per heavy atom. The minimum absolute atomic E-state index is 0.0892. The number of aliphatic hydroxyl groups is 4. The van der Waals surface area contributed by atoms with E-state index in [1.54, 1.807) is 18.2 Å². The summed E-state index contributed by atoms with van der Waals surface area (Å²) in [6.07, 6.45) is -7.31. The van der Waals surface area contributed by atoms with Gasteiger partial charge in [0.05, 0.1) is 27.9 Å². The molecule has 1 aromatic heterocycles. The minimum atomic E-state index is -1.61. The lowest BCUT2D eigenvalue weighted by atomic mass is 9.99. The molecule has 11 nitrogen and oxygen atoms in total. The summed E-state index contributed by atoms with van der Waals surface area (Å²) in [5.74, 6) is 1.44. The van der Waals surface area contributed by atoms with Gasteiger partial charge in [-0.05, 0) is 18.2 Å². The highest BCUT2D eigenvalue weighted by molar-refractivity contribution is 5.86. The van der Waals surface area contributed by atoms with Gasteiger partial charge in [0.1, 0.15) is 52.6 Å². The SMILES string of the molecule is COc1ccc(-c2cc(=O)c3c(OC)cc(O[C@H]4O[C@H](CO)[C@@H](O)[C@H](O)[C@H]4O)cc3o2)cc1OC. The van der Waals surface area contributed by atoms with Crippen LogP contribution in [0.3, 0.4) is 0 Å². The highest BCUT2D eigenvalue weighted by atomic mass is 16.7. The van der Waals surface area contributed by atoms with Crippen molar-refractivity contribution in [3.8, 4) is 34.3 Å². The van der Waals surface area contributed by atoms with Crippen molar-refractivity contribution in [2.75, 3.05) is 27.9 Å². The molecule has 0 spiro atoms. The van der Waals surface area contributed by atoms with Crippen LogP contribution in [0.2, 0.25) is 0 Å². The van der Waals surface area contributed by atoms with Crippen LogP contribution in [0.4, 0.5) is 0 Å². The molecule has 4 rings (SSSR count). The molecule has 4 N–H and O–H groups in total. The largest absolute Gasteiger partial charge is 0.496 e. The summed E-state index contributed by atoms with van der Waals surface area (Å²) in [5.41, 5.74) is 0.314. The Balaban J connectivity index is 1.75. The molecule has 35 heavy (non-hydrogen) atoms. The van der Waals surface area contributed by atoms with Crippen molar-refractivity contribution in [1.29, 1.82) is 0 Å². The summed E-state index contributed by atoms with van der Waals surface area (Å²) in [7, 11) is 4.37. The van der Waals surface area contributed by atoms with Crippen molar-refractivity contribution >= 4 is 11.0 Å². The van der Waals surface area contributed by atoms with E-state index in [1.165, 1.54) is 39.5 Å². The van der Waals surface area contributed by atoms with Gasteiger partial charge in [0, 0.05) is 23.8 Å². The quantitative estimate of drug-likeness (QED) is 0.369. The molecule has 1 aliphatic rings. The second-order valence-corrected chi connectivity index (χ2v) is 7.86. The molecule has 1 fully saturated rings. The topological polar surface area (TPSA) is 157 Å². The van der Waals surface area contributed by atoms with E-state index in [9.17, 15) is 25.2 Å². The van der Waals surface area contributed by atoms with E-state index in [-0.39, 0.29) is 33.7 Å². The first kappa shape index (κ1) is 24.8. The molecule has 5 atom stereocenters. The minimum Gasteiger partial charge on any atom is -0.496 e. The lowest BCUT2D eigenvalue weighted by Crippen LogP contribution is -2.60. The van der Waals surface area contributed by atoms with Crippen LogP contribution in [-0.2, 0) is 4.74 Å². The molecule has 2 aromatic carbocycles. The van der Waals surface area contributed by atoms with Crippen molar-refractivity contribution in [3.63, 3.8) is 0 Å². The predicted molar refractivity (Wildman–Crippen MR) is 122 cm³/mol. The van der Waals surface area contributed by atoms with Crippen LogP contribution in [0.1, 0.15) is 0 Å². The first-order chi connectivity index (χ1) is 16.8. The van der Waals surface area contributed by atoms with E-state index >= 15 is 0 Å². The number of rotatable bonds is 7. The summed E-state index contributed by atoms with van der Waals surface area (Å²) in [5, 5.41) is 39.8. The summed E-state index contributed by atoms with van der Waals surface area (Å²) in [6.45, 7) is -0.602. The predicted octanol–water partition coefficient (Wildman–Crippen LogP) is 0.664. The lowest BCUT2D eigenvalue weighted by molar-refractivity contribution is -0.277. The van der Waals surface area contributed by atoms with Gasteiger partial charge in [-0.2, -0.15) is 0 Å². The number of fused-ring (bicyclic) bond motifs is 1. The summed E-state index contributed by atoms with van der Waals surface area (Å²) in [4.78, 5) is 13.0. The summed E-state index contributed by atoms with van der Waals surface area (Å²) in [6, 6.07) is 9.18. The van der Waals surface area contributed by atoms with E-state index in [4.69, 9.17) is 28.1 Å². The van der Waals surface area contributed by atoms with Crippen LogP contribution in [-0.4, -0.2) is 79.1 Å². The molecule has 0 saturated carbocycles. The van der Waals surface area contributed by atoms with Crippen molar-refractivity contribution in [3.05, 3.63) is 46.6 Å². The number of benzene rings is 2. The van der Waals surface area contributed by atoms with Gasteiger partial charge in [0.25, 0.3) is 0 Å². The van der Waals surface area contributed by atoms with E-state index in [1.807, 2.05) is 0 Å². The fraction of sp³-hybridized carbons (Fsp3) is 0.375. The molecule has 11 heteroatoms. The van der Waals surface area contributed by atoms with Crippen LogP contribution < -0.4 is 24.4 Å². The zero-order valence-corrected chi connectivity index (χ0v) is 19.2. The summed E-state index contributed by atoms with van der Waals surface area (Å²) < 4.78 is 33.0. The van der Waals surface area contributed by atoms with Gasteiger partial charge in [-0.3, -0.25) is 4.79 Å². The number of hydrogen-bond acceptors (Lipinski definition) is 11. The molecule has 0 bridgehead atoms. The van der Waals surface area contributed by atoms with Gasteiger partial charge in [-0.25, -0.2) is 0 Å². The number of ether oxygens (including phenoxy) is 5. The van der Waals surface area contributed by atoms with E-state index in [2.05, 4.69) is 0 Å². The number of aliphatic hydroxyl groups excluding tert-OH is 4. The Labute approximate surface area is 199 Å². The fourth-order valence-corrected chi connectivity index (χ4v) is 3.89. The molecule has 0 aliphatic carbocycles. The smallest absolute Gasteiger partial charge is 0.229 e. The summed E-state index contributed by atoms with van der Waals surface area (Å²) >= 11 is 0. The Morgan fingerprint density at radius 1 is 0.857 bits per heavy atom. The van der Waals surface area contributed by atoms with Crippen LogP contribution in [0, 0.1) is 0 Å². The first-order valence-corrected chi connectivity index (χ1v) is 10.7. The van der Waals surface area contributed by atoms with E-state index < -0.39 is 37.3 Å². The second kappa shape index (κ2) is 10.1. The average Bonchev–Trinajstić information content (AvgIpc) is 2.87. The standard InChI is InChI=1S/C24H26O11/c1-30-14-5-4-11(6-16(14)31-2)15-9-13(26)20-17(32-3)7-12(8-18(20)34-15)33-24-23(29)22(28)21(27)19(10-25)35-24/h4-9,19,21-25,27-29H,10H2,1-3H3/t19-,21-,22+,23-,24+/m1/s1. The van der Waals surface area contributed by atoms with Crippen molar-refractivity contribution in [2.24, 2.45) is 0 Å². The Kier molecular flexibility index (Phi) is 7.15. The normalized spacial score (nSPS) is 24.3. The molecular formula is C24H26O11. The third kappa shape index (κ3) is 4.64. The Morgan fingerprint density at radius 3 is 2.23 bits per heavy atom. The maximum absolute atomic E-state index is 13.0. The maximum Gasteiger partial charge on any atom is 0.229 e. The second-order valence-electron chi connectivity index (χ2n) is 7.86. The maximum atomic E-state index is 13.0. The highest BCUT2D eigenvalue weighted by Gasteiger charge is 2.44. The van der Waals surface area contributed by atoms with Gasteiger partial charge in [-0.15, -0.1) is 0 Å². The van der Waals surface area contributed by atoms with Crippen molar-refractivity contribution in [1.82, 2.24) is 0 Å². The van der Waals surface area contributed by atoms with Gasteiger partial charge < -0.3 is 48.5 Å². The molecule has 1 saturated heterocycles. The third-order valence-electron chi connectivity index (χ3n) is 5.76. The Bertz CT molecular complexity index is 1250. The molecule has 3 aromatic rings. The monoisotopic (exact) mass is 490 g/mol. The molecule has 0 unspecified atom stereocenters. The van der Waals surface area contributed by atoms with Gasteiger partial charge in [0.15, 0.2) is 16.9 Å². The van der Waals surface area contributed by atoms with Crippen molar-refractivity contribution < 1.29 is 48.5 Å². The molecular weight excluding hydrogens is 464 g/mol. The Hall–Kier alpha value is -3.35. The van der Waals surface area contributed by atoms with Crippen LogP contribution in [0.5, 0.6) is 23.0 Å². The van der Waals surface area contributed by atoms with Gasteiger partial charge >= 0.3 is 0 Å². The average molecular weight is 490 g/mol. The molecule has 0 radical (unpaired) electrons. The zero-order chi connectivity index (χ0) is 25.3. The number of methoxy groups -OCH3 is 3. The van der Waals surface area contributed by atoms with Crippen LogP contribution >= 0.6 is 0 Å². The first-order valence-electron chi connectivity index (χ1n) is 10.7. The highest BCUT2D eigenvalue weighted by Crippen LogP contribution is 2.36. The molecule has 0 amide bonds. The van der Waals surface area contributed by atoms with E-state index in [0.29, 0.717) is 17.1 Å². The molecule has 2 heterocycles. The molecule has 1 aliphatic heterocycles. The fourth-order valence-electron chi connectivity index (χ4n) is 3.89. The number of hydrogen-bond donors (Lipinski definition) is 4.